The number of benzene rings is 2. The molecule has 4 aromatic rings. The van der Waals surface area contributed by atoms with Gasteiger partial charge in [0.1, 0.15) is 5.75 Å². The number of carbonyl (C=O) groups excluding carboxylic acids is 2. The van der Waals surface area contributed by atoms with Crippen molar-refractivity contribution in [3.63, 3.8) is 0 Å². The summed E-state index contributed by atoms with van der Waals surface area (Å²) < 4.78 is 46.1. The molecule has 2 aromatic heterocycles. The molecule has 0 saturated heterocycles. The van der Waals surface area contributed by atoms with Crippen LogP contribution in [0.3, 0.4) is 0 Å². The van der Waals surface area contributed by atoms with Crippen LogP contribution in [0.4, 0.5) is 24.7 Å². The fourth-order valence-electron chi connectivity index (χ4n) is 3.37. The Balaban J connectivity index is 1.31. The second-order valence-electron chi connectivity index (χ2n) is 8.14. The summed E-state index contributed by atoms with van der Waals surface area (Å²) in [6.07, 6.45) is -1.27. The zero-order chi connectivity index (χ0) is 25.4. The summed E-state index contributed by atoms with van der Waals surface area (Å²) in [5.74, 6) is 0.0394. The van der Waals surface area contributed by atoms with Crippen molar-refractivity contribution in [1.29, 1.82) is 0 Å². The molecule has 2 N–H and O–H groups in total. The lowest BCUT2D eigenvalue weighted by atomic mass is 10.1. The Morgan fingerprint density at radius 2 is 1.86 bits per heavy atom. The maximum absolute atomic E-state index is 13.0. The fourth-order valence-corrected chi connectivity index (χ4v) is 3.53. The first-order valence-corrected chi connectivity index (χ1v) is 11.2. The molecule has 1 aliphatic rings. The number of anilines is 2. The minimum absolute atomic E-state index is 0.0369. The number of ether oxygens (including phenoxy) is 1. The van der Waals surface area contributed by atoms with Gasteiger partial charge in [-0.05, 0) is 49.2 Å². The van der Waals surface area contributed by atoms with Gasteiger partial charge >= 0.3 is 6.18 Å². The Hall–Kier alpha value is -4.12. The summed E-state index contributed by atoms with van der Waals surface area (Å²) in [4.78, 5) is 28.8. The highest BCUT2D eigenvalue weighted by molar-refractivity contribution is 6.34. The Morgan fingerprint density at radius 1 is 1.06 bits per heavy atom. The van der Waals surface area contributed by atoms with Gasteiger partial charge < -0.3 is 15.4 Å². The molecule has 0 aliphatic heterocycles. The van der Waals surface area contributed by atoms with E-state index in [1.165, 1.54) is 22.7 Å². The van der Waals surface area contributed by atoms with E-state index in [-0.39, 0.29) is 39.7 Å². The quantitative estimate of drug-likeness (QED) is 0.338. The van der Waals surface area contributed by atoms with Crippen LogP contribution in [0.25, 0.3) is 5.65 Å². The van der Waals surface area contributed by atoms with Crippen LogP contribution >= 0.6 is 11.6 Å². The van der Waals surface area contributed by atoms with Crippen molar-refractivity contribution in [2.24, 2.45) is 5.92 Å². The van der Waals surface area contributed by atoms with E-state index in [2.05, 4.69) is 20.7 Å². The highest BCUT2D eigenvalue weighted by Crippen LogP contribution is 2.32. The van der Waals surface area contributed by atoms with Crippen molar-refractivity contribution < 1.29 is 27.5 Å². The van der Waals surface area contributed by atoms with Crippen LogP contribution in [-0.4, -0.2) is 26.4 Å². The number of hydrogen-bond donors (Lipinski definition) is 2. The number of imidazole rings is 1. The number of alkyl halides is 3. The number of carbonyl (C=O) groups is 2. The monoisotopic (exact) mass is 515 g/mol. The second kappa shape index (κ2) is 9.15. The minimum atomic E-state index is -4.57. The van der Waals surface area contributed by atoms with Crippen molar-refractivity contribution in [3.8, 4) is 11.6 Å². The number of halogens is 4. The molecule has 2 aromatic carbocycles. The standard InChI is InChI=1S/C24H17ClF3N5O3/c25-17-7-6-16(11-18(17)29-23(35)14-2-1-3-15(10-14)24(26,27)28)36-21-9-8-20-30-19(12-33(20)32-21)31-22(34)13-4-5-13/h1-3,6-13H,4-5H2,(H,29,35)(H,31,34). The zero-order valence-electron chi connectivity index (χ0n) is 18.3. The minimum Gasteiger partial charge on any atom is -0.438 e. The molecular weight excluding hydrogens is 499 g/mol. The normalized spacial score (nSPS) is 13.4. The third-order valence-corrected chi connectivity index (χ3v) is 5.69. The highest BCUT2D eigenvalue weighted by Gasteiger charge is 2.31. The molecule has 12 heteroatoms. The summed E-state index contributed by atoms with van der Waals surface area (Å²) >= 11 is 6.17. The van der Waals surface area contributed by atoms with Gasteiger partial charge in [0.2, 0.25) is 11.8 Å². The van der Waals surface area contributed by atoms with Crippen LogP contribution in [0.15, 0.2) is 60.8 Å². The summed E-state index contributed by atoms with van der Waals surface area (Å²) in [6, 6.07) is 11.7. The van der Waals surface area contributed by atoms with Gasteiger partial charge in [-0.1, -0.05) is 17.7 Å². The topological polar surface area (TPSA) is 97.6 Å². The van der Waals surface area contributed by atoms with Crippen LogP contribution in [0.5, 0.6) is 11.6 Å². The van der Waals surface area contributed by atoms with Crippen molar-refractivity contribution in [2.75, 3.05) is 10.6 Å². The number of aromatic nitrogens is 3. The summed E-state index contributed by atoms with van der Waals surface area (Å²) in [7, 11) is 0. The molecule has 2 heterocycles. The van der Waals surface area contributed by atoms with E-state index in [1.807, 2.05) is 0 Å². The summed E-state index contributed by atoms with van der Waals surface area (Å²) in [5.41, 5.74) is -0.470. The highest BCUT2D eigenvalue weighted by atomic mass is 35.5. The molecule has 0 spiro atoms. The molecule has 0 atom stereocenters. The maximum Gasteiger partial charge on any atom is 0.416 e. The lowest BCUT2D eigenvalue weighted by Crippen LogP contribution is -2.14. The average molecular weight is 516 g/mol. The van der Waals surface area contributed by atoms with Gasteiger partial charge in [-0.15, -0.1) is 5.10 Å². The Labute approximate surface area is 207 Å². The van der Waals surface area contributed by atoms with Gasteiger partial charge in [0.25, 0.3) is 5.91 Å². The Morgan fingerprint density at radius 3 is 2.61 bits per heavy atom. The first kappa shape index (κ1) is 23.6. The number of hydrogen-bond acceptors (Lipinski definition) is 5. The smallest absolute Gasteiger partial charge is 0.416 e. The SMILES string of the molecule is O=C(Nc1cc(Oc2ccc3nc(NC(=O)C4CC4)cn3n2)ccc1Cl)c1cccc(C(F)(F)F)c1. The van der Waals surface area contributed by atoms with Crippen molar-refractivity contribution in [2.45, 2.75) is 19.0 Å². The summed E-state index contributed by atoms with van der Waals surface area (Å²) in [5, 5.41) is 9.72. The first-order valence-electron chi connectivity index (χ1n) is 10.8. The second-order valence-corrected chi connectivity index (χ2v) is 8.55. The van der Waals surface area contributed by atoms with Crippen molar-refractivity contribution in [3.05, 3.63) is 76.9 Å². The van der Waals surface area contributed by atoms with Crippen molar-refractivity contribution in [1.82, 2.24) is 14.6 Å². The molecule has 0 unspecified atom stereocenters. The zero-order valence-corrected chi connectivity index (χ0v) is 19.1. The van der Waals surface area contributed by atoms with Gasteiger partial charge in [0.05, 0.1) is 22.5 Å². The largest absolute Gasteiger partial charge is 0.438 e. The van der Waals surface area contributed by atoms with Gasteiger partial charge in [0.15, 0.2) is 11.5 Å². The van der Waals surface area contributed by atoms with E-state index in [4.69, 9.17) is 16.3 Å². The van der Waals surface area contributed by atoms with Gasteiger partial charge in [-0.2, -0.15) is 13.2 Å². The lowest BCUT2D eigenvalue weighted by molar-refractivity contribution is -0.137. The number of nitrogens with one attached hydrogen (secondary N) is 2. The van der Waals surface area contributed by atoms with E-state index >= 15 is 0 Å². The predicted molar refractivity (Wildman–Crippen MR) is 125 cm³/mol. The molecule has 1 aliphatic carbocycles. The van der Waals surface area contributed by atoms with Gasteiger partial charge in [-0.3, -0.25) is 9.59 Å². The molecule has 2 amide bonds. The van der Waals surface area contributed by atoms with E-state index in [1.54, 1.807) is 24.4 Å². The van der Waals surface area contributed by atoms with Crippen LogP contribution < -0.4 is 15.4 Å². The van der Waals surface area contributed by atoms with Crippen molar-refractivity contribution >= 4 is 40.6 Å². The number of nitrogens with zero attached hydrogens (tertiary/aromatic N) is 3. The molecule has 5 rings (SSSR count). The predicted octanol–water partition coefficient (Wildman–Crippen LogP) is 5.79. The van der Waals surface area contributed by atoms with Crippen LogP contribution in [0, 0.1) is 5.92 Å². The maximum atomic E-state index is 13.0. The van der Waals surface area contributed by atoms with Gasteiger partial charge in [0, 0.05) is 23.6 Å². The molecular formula is C24H17ClF3N5O3. The lowest BCUT2D eigenvalue weighted by Gasteiger charge is -2.12. The van der Waals surface area contributed by atoms with E-state index in [0.717, 1.165) is 31.0 Å². The van der Waals surface area contributed by atoms with E-state index in [0.29, 0.717) is 11.5 Å². The molecule has 0 radical (unpaired) electrons. The first-order chi connectivity index (χ1) is 17.2. The molecule has 1 fully saturated rings. The van der Waals surface area contributed by atoms with Gasteiger partial charge in [-0.25, -0.2) is 9.50 Å². The summed E-state index contributed by atoms with van der Waals surface area (Å²) in [6.45, 7) is 0. The Bertz CT molecular complexity index is 1480. The number of rotatable bonds is 6. The number of fused-ring (bicyclic) bond motifs is 1. The molecule has 1 saturated carbocycles. The molecule has 0 bridgehead atoms. The molecule has 184 valence electrons. The van der Waals surface area contributed by atoms with E-state index < -0.39 is 17.6 Å². The molecule has 8 nitrogen and oxygen atoms in total. The molecule has 36 heavy (non-hydrogen) atoms. The third kappa shape index (κ3) is 5.25. The average Bonchev–Trinajstić information content (AvgIpc) is 3.61. The van der Waals surface area contributed by atoms with Crippen LogP contribution in [-0.2, 0) is 11.0 Å². The fraction of sp³-hybridized carbons (Fsp3) is 0.167. The number of amides is 2. The van der Waals surface area contributed by atoms with Crippen LogP contribution in [0.2, 0.25) is 5.02 Å². The van der Waals surface area contributed by atoms with E-state index in [9.17, 15) is 22.8 Å². The Kier molecular flexibility index (Phi) is 6.00. The van der Waals surface area contributed by atoms with Crippen LogP contribution in [0.1, 0.15) is 28.8 Å². The third-order valence-electron chi connectivity index (χ3n) is 5.36.